The molecule has 0 aromatic carbocycles. The molecule has 6 nitrogen and oxygen atoms in total. The van der Waals surface area contributed by atoms with Crippen molar-refractivity contribution in [1.29, 1.82) is 0 Å². The van der Waals surface area contributed by atoms with Crippen LogP contribution in [0.4, 0.5) is 0 Å². The van der Waals surface area contributed by atoms with Gasteiger partial charge in [0.05, 0.1) is 25.4 Å². The molecule has 0 saturated heterocycles. The summed E-state index contributed by atoms with van der Waals surface area (Å²) in [6.45, 7) is 4.95. The largest absolute Gasteiger partial charge is 0.466 e. The number of nitrogens with one attached hydrogen (secondary N) is 1. The Balaban J connectivity index is 3.38. The van der Waals surface area contributed by atoms with Crippen molar-refractivity contribution in [2.75, 3.05) is 13.2 Å². The van der Waals surface area contributed by atoms with E-state index in [-0.39, 0.29) is 18.5 Å². The monoisotopic (exact) mass is 1190 g/mol. The molecule has 502 valence electrons. The molecule has 0 aromatic rings. The van der Waals surface area contributed by atoms with Crippen LogP contribution in [0.5, 0.6) is 0 Å². The first kappa shape index (κ1) is 83.1. The Hall–Kier alpha value is -1.92. The highest BCUT2D eigenvalue weighted by atomic mass is 16.5. The normalized spacial score (nSPS) is 12.7. The minimum atomic E-state index is -0.843. The van der Waals surface area contributed by atoms with Crippen molar-refractivity contribution >= 4 is 11.9 Å². The van der Waals surface area contributed by atoms with E-state index < -0.39 is 12.1 Å². The number of rotatable bonds is 73. The first-order chi connectivity index (χ1) is 42.0. The molecule has 85 heavy (non-hydrogen) atoms. The Morgan fingerprint density at radius 2 is 0.588 bits per heavy atom. The number of aliphatic hydroxyl groups excluding tert-OH is 2. The first-order valence-electron chi connectivity index (χ1n) is 38.8. The number of aliphatic hydroxyl groups is 2. The second kappa shape index (κ2) is 74.5. The van der Waals surface area contributed by atoms with Crippen molar-refractivity contribution in [2.24, 2.45) is 0 Å². The zero-order valence-electron chi connectivity index (χ0n) is 57.6. The number of carbonyl (C=O) groups is 2. The van der Waals surface area contributed by atoms with Crippen LogP contribution < -0.4 is 5.32 Å². The van der Waals surface area contributed by atoms with E-state index in [0.29, 0.717) is 19.4 Å². The van der Waals surface area contributed by atoms with E-state index >= 15 is 0 Å². The zero-order chi connectivity index (χ0) is 61.3. The Morgan fingerprint density at radius 1 is 0.329 bits per heavy atom. The van der Waals surface area contributed by atoms with Gasteiger partial charge in [0.2, 0.25) is 5.91 Å². The number of allylic oxidation sites excluding steroid dienone is 5. The lowest BCUT2D eigenvalue weighted by atomic mass is 10.0. The van der Waals surface area contributed by atoms with E-state index in [2.05, 4.69) is 43.5 Å². The quantitative estimate of drug-likeness (QED) is 0.0320. The van der Waals surface area contributed by atoms with Crippen LogP contribution in [0.15, 0.2) is 36.5 Å². The number of amides is 1. The number of hydrogen-bond donors (Lipinski definition) is 3. The van der Waals surface area contributed by atoms with E-state index in [4.69, 9.17) is 4.74 Å². The van der Waals surface area contributed by atoms with Gasteiger partial charge in [-0.2, -0.15) is 0 Å². The molecule has 0 spiro atoms. The third-order valence-electron chi connectivity index (χ3n) is 18.2. The predicted molar refractivity (Wildman–Crippen MR) is 375 cm³/mol. The molecular weight excluding hydrogens is 1040 g/mol. The fourth-order valence-corrected chi connectivity index (χ4v) is 12.3. The molecule has 0 aromatic heterocycles. The highest BCUT2D eigenvalue weighted by molar-refractivity contribution is 5.76. The summed E-state index contributed by atoms with van der Waals surface area (Å²) >= 11 is 0. The molecule has 2 unspecified atom stereocenters. The average molecular weight is 1200 g/mol. The summed E-state index contributed by atoms with van der Waals surface area (Å²) in [7, 11) is 0. The van der Waals surface area contributed by atoms with Crippen LogP contribution in [-0.4, -0.2) is 47.4 Å². The lowest BCUT2D eigenvalue weighted by Crippen LogP contribution is -2.45. The molecule has 1 amide bonds. The smallest absolute Gasteiger partial charge is 0.305 e. The molecule has 2 atom stereocenters. The van der Waals surface area contributed by atoms with Crippen molar-refractivity contribution < 1.29 is 24.5 Å². The minimum Gasteiger partial charge on any atom is -0.466 e. The molecule has 0 rings (SSSR count). The molecule has 3 N–H and O–H groups in total. The lowest BCUT2D eigenvalue weighted by molar-refractivity contribution is -0.143. The molecule has 0 aliphatic heterocycles. The summed E-state index contributed by atoms with van der Waals surface area (Å²) in [5, 5.41) is 23.2. The number of carbonyl (C=O) groups excluding carboxylic acids is 2. The predicted octanol–water partition coefficient (Wildman–Crippen LogP) is 25.4. The van der Waals surface area contributed by atoms with E-state index in [1.807, 2.05) is 6.08 Å². The van der Waals surface area contributed by atoms with E-state index in [9.17, 15) is 19.8 Å². The van der Waals surface area contributed by atoms with Gasteiger partial charge in [0.15, 0.2) is 0 Å². The fourth-order valence-electron chi connectivity index (χ4n) is 12.3. The van der Waals surface area contributed by atoms with E-state index in [0.717, 1.165) is 44.9 Å². The van der Waals surface area contributed by atoms with Gasteiger partial charge >= 0.3 is 5.97 Å². The molecule has 0 heterocycles. The highest BCUT2D eigenvalue weighted by Crippen LogP contribution is 2.19. The van der Waals surface area contributed by atoms with Crippen LogP contribution >= 0.6 is 0 Å². The maximum Gasteiger partial charge on any atom is 0.305 e. The Morgan fingerprint density at radius 3 is 0.894 bits per heavy atom. The summed E-state index contributed by atoms with van der Waals surface area (Å²) in [4.78, 5) is 24.6. The van der Waals surface area contributed by atoms with Gasteiger partial charge in [-0.1, -0.05) is 391 Å². The van der Waals surface area contributed by atoms with Gasteiger partial charge in [0, 0.05) is 12.8 Å². The van der Waals surface area contributed by atoms with Gasteiger partial charge in [-0.25, -0.2) is 0 Å². The molecule has 0 aliphatic rings. The van der Waals surface area contributed by atoms with Crippen molar-refractivity contribution in [3.8, 4) is 0 Å². The van der Waals surface area contributed by atoms with Crippen molar-refractivity contribution in [3.63, 3.8) is 0 Å². The van der Waals surface area contributed by atoms with Gasteiger partial charge in [0.25, 0.3) is 0 Å². The lowest BCUT2D eigenvalue weighted by Gasteiger charge is -2.20. The van der Waals surface area contributed by atoms with Gasteiger partial charge in [-0.05, 0) is 64.2 Å². The third-order valence-corrected chi connectivity index (χ3v) is 18.2. The van der Waals surface area contributed by atoms with Gasteiger partial charge in [-0.3, -0.25) is 9.59 Å². The van der Waals surface area contributed by atoms with Crippen LogP contribution in [-0.2, 0) is 14.3 Å². The highest BCUT2D eigenvalue weighted by Gasteiger charge is 2.18. The SMILES string of the molecule is CCCCCCCCCCCCCCCCCC/C=C/C(O)C(CO)NC(=O)CCCCCCCCCCCCCCCCCCC/C=C\C/C=C\CCCCCCCCCCCCCOC(=O)CCCCCCCCCCCCCCCCC. The number of esters is 1. The van der Waals surface area contributed by atoms with Crippen LogP contribution in [0.1, 0.15) is 431 Å². The van der Waals surface area contributed by atoms with Crippen LogP contribution in [0.3, 0.4) is 0 Å². The third kappa shape index (κ3) is 71.0. The molecule has 6 heteroatoms. The summed E-state index contributed by atoms with van der Waals surface area (Å²) in [6, 6.07) is -0.627. The molecule has 0 bridgehead atoms. The van der Waals surface area contributed by atoms with Crippen molar-refractivity contribution in [2.45, 2.75) is 443 Å². The van der Waals surface area contributed by atoms with Gasteiger partial charge < -0.3 is 20.3 Å². The fraction of sp³-hybridized carbons (Fsp3) is 0.899. The van der Waals surface area contributed by atoms with E-state index in [1.54, 1.807) is 6.08 Å². The van der Waals surface area contributed by atoms with Crippen LogP contribution in [0, 0.1) is 0 Å². The summed E-state index contributed by atoms with van der Waals surface area (Å²) in [5.74, 6) is -0.0419. The Kier molecular flexibility index (Phi) is 72.9. The average Bonchev–Trinajstić information content (AvgIpc) is 3.54. The van der Waals surface area contributed by atoms with E-state index in [1.165, 1.54) is 360 Å². The first-order valence-corrected chi connectivity index (χ1v) is 38.8. The van der Waals surface area contributed by atoms with Crippen LogP contribution in [0.25, 0.3) is 0 Å². The summed E-state index contributed by atoms with van der Waals surface area (Å²) in [6.07, 6.45) is 96.9. The summed E-state index contributed by atoms with van der Waals surface area (Å²) < 4.78 is 5.50. The number of unbranched alkanes of at least 4 members (excludes halogenated alkanes) is 58. The molecule has 0 fully saturated rings. The molecule has 0 saturated carbocycles. The van der Waals surface area contributed by atoms with Crippen molar-refractivity contribution in [3.05, 3.63) is 36.5 Å². The Bertz CT molecular complexity index is 1380. The molecule has 0 aliphatic carbocycles. The molecule has 0 radical (unpaired) electrons. The minimum absolute atomic E-state index is 0.0201. The van der Waals surface area contributed by atoms with Gasteiger partial charge in [0.1, 0.15) is 0 Å². The Labute approximate surface area is 532 Å². The van der Waals surface area contributed by atoms with Crippen molar-refractivity contribution in [1.82, 2.24) is 5.32 Å². The summed E-state index contributed by atoms with van der Waals surface area (Å²) in [5.41, 5.74) is 0. The number of hydrogen-bond acceptors (Lipinski definition) is 5. The second-order valence-corrected chi connectivity index (χ2v) is 26.7. The second-order valence-electron chi connectivity index (χ2n) is 26.7. The zero-order valence-corrected chi connectivity index (χ0v) is 57.6. The maximum absolute atomic E-state index is 12.5. The topological polar surface area (TPSA) is 95.9 Å². The van der Waals surface area contributed by atoms with Crippen LogP contribution in [0.2, 0.25) is 0 Å². The number of ether oxygens (including phenoxy) is 1. The van der Waals surface area contributed by atoms with Gasteiger partial charge in [-0.15, -0.1) is 0 Å². The maximum atomic E-state index is 12.5. The molecular formula is C79H151NO5. The standard InChI is InChI=1S/C79H151NO5/c1-3-5-7-9-11-13-15-17-19-20-40-44-47-51-55-59-63-67-71-77(82)76(75-81)80-78(83)72-68-64-60-56-52-48-45-41-38-36-34-32-30-28-26-24-22-21-23-25-27-29-31-33-35-37-39-42-46-50-54-58-62-66-70-74-85-79(84)73-69-65-61-57-53-49-43-18-16-14-12-10-8-6-4-2/h23,25,29,31,67,71,76-77,81-82H,3-22,24,26-28,30,32-66,68-70,72-75H2,1-2H3,(H,80,83)/b25-23-,31-29-,71-67+.